The van der Waals surface area contributed by atoms with Crippen molar-refractivity contribution in [2.45, 2.75) is 26.8 Å². The van der Waals surface area contributed by atoms with Crippen LogP contribution in [-0.2, 0) is 6.54 Å². The maximum absolute atomic E-state index is 13.2. The number of benzene rings is 1. The smallest absolute Gasteiger partial charge is 0.193 e. The van der Waals surface area contributed by atoms with Crippen LogP contribution in [0.4, 0.5) is 4.39 Å². The minimum Gasteiger partial charge on any atom is -0.357 e. The van der Waals surface area contributed by atoms with Gasteiger partial charge in [0, 0.05) is 26.7 Å². The second-order valence-electron chi connectivity index (χ2n) is 4.58. The Balaban J connectivity index is 2.65. The van der Waals surface area contributed by atoms with Gasteiger partial charge in [-0.3, -0.25) is 4.99 Å². The van der Waals surface area contributed by atoms with Crippen molar-refractivity contribution in [2.24, 2.45) is 4.99 Å². The molecule has 1 N–H and O–H groups in total. The van der Waals surface area contributed by atoms with E-state index < -0.39 is 0 Å². The van der Waals surface area contributed by atoms with Gasteiger partial charge in [-0.1, -0.05) is 24.3 Å². The molecule has 0 aliphatic heterocycles. The molecule has 0 unspecified atom stereocenters. The van der Waals surface area contributed by atoms with Gasteiger partial charge < -0.3 is 10.2 Å². The second kappa shape index (κ2) is 9.13. The van der Waals surface area contributed by atoms with Crippen LogP contribution in [0.1, 0.15) is 25.8 Å². The summed E-state index contributed by atoms with van der Waals surface area (Å²) in [6.07, 6.45) is 5.05. The van der Waals surface area contributed by atoms with Crippen molar-refractivity contribution in [3.05, 3.63) is 47.8 Å². The van der Waals surface area contributed by atoms with E-state index >= 15 is 0 Å². The molecule has 1 rings (SSSR count). The van der Waals surface area contributed by atoms with E-state index in [0.29, 0.717) is 6.54 Å². The minimum atomic E-state index is -0.203. The Bertz CT molecular complexity index is 455. The van der Waals surface area contributed by atoms with Crippen molar-refractivity contribution in [1.29, 1.82) is 0 Å². The van der Waals surface area contributed by atoms with Gasteiger partial charge in [0.2, 0.25) is 0 Å². The molecule has 0 radical (unpaired) electrons. The molecule has 0 atom stereocenters. The first kappa shape index (κ1) is 16.2. The van der Waals surface area contributed by atoms with E-state index in [1.54, 1.807) is 12.1 Å². The quantitative estimate of drug-likeness (QED) is 0.374. The standard InChI is InChI=1S/C16H24FN3/c1-4-6-7-11-19-16(18-5-2)20(3)13-14-9-8-10-15(17)12-14/h4,6,8-10,12H,5,7,11,13H2,1-3H3,(H,18,19)/b6-4+. The molecule has 0 amide bonds. The number of allylic oxidation sites excluding steroid dienone is 1. The molecule has 0 aromatic heterocycles. The molecule has 1 aromatic carbocycles. The van der Waals surface area contributed by atoms with E-state index in [4.69, 9.17) is 0 Å². The van der Waals surface area contributed by atoms with Gasteiger partial charge in [-0.05, 0) is 38.0 Å². The van der Waals surface area contributed by atoms with Crippen molar-refractivity contribution in [3.8, 4) is 0 Å². The van der Waals surface area contributed by atoms with Crippen LogP contribution < -0.4 is 5.32 Å². The summed E-state index contributed by atoms with van der Waals surface area (Å²) in [5.74, 6) is 0.646. The molecule has 0 saturated carbocycles. The molecule has 0 bridgehead atoms. The third-order valence-corrected chi connectivity index (χ3v) is 2.80. The first-order chi connectivity index (χ1) is 9.67. The SMILES string of the molecule is C/C=C/CCN=C(NCC)N(C)Cc1cccc(F)c1. The highest BCUT2D eigenvalue weighted by Gasteiger charge is 2.06. The van der Waals surface area contributed by atoms with E-state index in [-0.39, 0.29) is 5.82 Å². The third kappa shape index (κ3) is 5.87. The van der Waals surface area contributed by atoms with E-state index in [9.17, 15) is 4.39 Å². The summed E-state index contributed by atoms with van der Waals surface area (Å²) in [7, 11) is 1.96. The van der Waals surface area contributed by atoms with E-state index in [2.05, 4.69) is 16.4 Å². The number of halogens is 1. The van der Waals surface area contributed by atoms with Crippen LogP contribution in [0, 0.1) is 5.82 Å². The maximum atomic E-state index is 13.2. The monoisotopic (exact) mass is 277 g/mol. The van der Waals surface area contributed by atoms with Gasteiger partial charge in [0.25, 0.3) is 0 Å². The molecular weight excluding hydrogens is 253 g/mol. The van der Waals surface area contributed by atoms with Gasteiger partial charge in [0.1, 0.15) is 5.82 Å². The summed E-state index contributed by atoms with van der Waals surface area (Å²) in [6, 6.07) is 6.66. The summed E-state index contributed by atoms with van der Waals surface area (Å²) in [6.45, 7) is 6.24. The number of aliphatic imine (C=N–C) groups is 1. The molecule has 0 fully saturated rings. The predicted molar refractivity (Wildman–Crippen MR) is 83.3 cm³/mol. The highest BCUT2D eigenvalue weighted by atomic mass is 19.1. The summed E-state index contributed by atoms with van der Waals surface area (Å²) in [5, 5.41) is 3.25. The van der Waals surface area contributed by atoms with Crippen LogP contribution in [0.5, 0.6) is 0 Å². The lowest BCUT2D eigenvalue weighted by atomic mass is 10.2. The average Bonchev–Trinajstić information content (AvgIpc) is 2.42. The summed E-state index contributed by atoms with van der Waals surface area (Å²) in [5.41, 5.74) is 0.937. The van der Waals surface area contributed by atoms with Crippen LogP contribution in [0.2, 0.25) is 0 Å². The number of rotatable bonds is 6. The van der Waals surface area contributed by atoms with E-state index in [0.717, 1.165) is 31.0 Å². The van der Waals surface area contributed by atoms with E-state index in [1.807, 2.05) is 37.9 Å². The average molecular weight is 277 g/mol. The largest absolute Gasteiger partial charge is 0.357 e. The molecule has 0 spiro atoms. The van der Waals surface area contributed by atoms with Gasteiger partial charge in [0.05, 0.1) is 0 Å². The zero-order valence-corrected chi connectivity index (χ0v) is 12.6. The zero-order chi connectivity index (χ0) is 14.8. The van der Waals surface area contributed by atoms with Crippen LogP contribution >= 0.6 is 0 Å². The van der Waals surface area contributed by atoms with Crippen molar-refractivity contribution in [3.63, 3.8) is 0 Å². The molecule has 1 aromatic rings. The second-order valence-corrected chi connectivity index (χ2v) is 4.58. The van der Waals surface area contributed by atoms with Crippen LogP contribution in [-0.4, -0.2) is 31.0 Å². The van der Waals surface area contributed by atoms with E-state index in [1.165, 1.54) is 6.07 Å². The van der Waals surface area contributed by atoms with Crippen molar-refractivity contribution in [2.75, 3.05) is 20.1 Å². The first-order valence-corrected chi connectivity index (χ1v) is 7.02. The fraction of sp³-hybridized carbons (Fsp3) is 0.438. The summed E-state index contributed by atoms with van der Waals surface area (Å²) in [4.78, 5) is 6.56. The van der Waals surface area contributed by atoms with Crippen LogP contribution in [0.3, 0.4) is 0 Å². The normalized spacial score (nSPS) is 11.9. The predicted octanol–water partition coefficient (Wildman–Crippen LogP) is 3.19. The van der Waals surface area contributed by atoms with Gasteiger partial charge in [0.15, 0.2) is 5.96 Å². The van der Waals surface area contributed by atoms with Gasteiger partial charge in [-0.15, -0.1) is 0 Å². The Morgan fingerprint density at radius 3 is 2.90 bits per heavy atom. The fourth-order valence-corrected chi connectivity index (χ4v) is 1.87. The molecule has 0 heterocycles. The summed E-state index contributed by atoms with van der Waals surface area (Å²) < 4.78 is 13.2. The molecule has 0 aliphatic rings. The highest BCUT2D eigenvalue weighted by molar-refractivity contribution is 5.79. The number of hydrogen-bond acceptors (Lipinski definition) is 1. The molecule has 0 saturated heterocycles. The topological polar surface area (TPSA) is 27.6 Å². The minimum absolute atomic E-state index is 0.203. The van der Waals surface area contributed by atoms with Crippen molar-refractivity contribution in [1.82, 2.24) is 10.2 Å². The number of guanidine groups is 1. The summed E-state index contributed by atoms with van der Waals surface area (Å²) >= 11 is 0. The molecule has 110 valence electrons. The van der Waals surface area contributed by atoms with Gasteiger partial charge in [-0.2, -0.15) is 0 Å². The van der Waals surface area contributed by atoms with Crippen molar-refractivity contribution < 1.29 is 4.39 Å². The number of nitrogens with zero attached hydrogens (tertiary/aromatic N) is 2. The highest BCUT2D eigenvalue weighted by Crippen LogP contribution is 2.06. The number of nitrogens with one attached hydrogen (secondary N) is 1. The lowest BCUT2D eigenvalue weighted by molar-refractivity contribution is 0.475. The molecular formula is C16H24FN3. The molecule has 20 heavy (non-hydrogen) atoms. The Morgan fingerprint density at radius 1 is 1.45 bits per heavy atom. The molecule has 4 heteroatoms. The number of hydrogen-bond donors (Lipinski definition) is 1. The Kier molecular flexibility index (Phi) is 7.40. The van der Waals surface area contributed by atoms with Crippen LogP contribution in [0.25, 0.3) is 0 Å². The maximum Gasteiger partial charge on any atom is 0.193 e. The van der Waals surface area contributed by atoms with Gasteiger partial charge >= 0.3 is 0 Å². The molecule has 3 nitrogen and oxygen atoms in total. The first-order valence-electron chi connectivity index (χ1n) is 7.02. The lowest BCUT2D eigenvalue weighted by Crippen LogP contribution is -2.38. The van der Waals surface area contributed by atoms with Crippen LogP contribution in [0.15, 0.2) is 41.4 Å². The molecule has 0 aliphatic carbocycles. The zero-order valence-electron chi connectivity index (χ0n) is 12.6. The van der Waals surface area contributed by atoms with Crippen molar-refractivity contribution >= 4 is 5.96 Å². The fourth-order valence-electron chi connectivity index (χ4n) is 1.87. The Morgan fingerprint density at radius 2 is 2.25 bits per heavy atom. The Hall–Kier alpha value is -1.84. The lowest BCUT2D eigenvalue weighted by Gasteiger charge is -2.22. The third-order valence-electron chi connectivity index (χ3n) is 2.80. The van der Waals surface area contributed by atoms with Gasteiger partial charge in [-0.25, -0.2) is 4.39 Å². The Labute approximate surface area is 121 Å².